The van der Waals surface area contributed by atoms with Crippen molar-refractivity contribution in [2.45, 2.75) is 82.5 Å². The Kier molecular flexibility index (Phi) is 6.93. The Morgan fingerprint density at radius 1 is 1.03 bits per heavy atom. The fourth-order valence-electron chi connectivity index (χ4n) is 6.36. The van der Waals surface area contributed by atoms with Gasteiger partial charge in [-0.25, -0.2) is 4.98 Å². The third-order valence-corrected chi connectivity index (χ3v) is 10.6. The summed E-state index contributed by atoms with van der Waals surface area (Å²) in [6.07, 6.45) is 12.3. The molecule has 0 N–H and O–H groups in total. The largest absolute Gasteiger partial charge is 0.839 e. The van der Waals surface area contributed by atoms with Gasteiger partial charge in [-0.05, 0) is 28.9 Å². The number of oxazole rings is 1. The molecule has 1 aliphatic carbocycles. The van der Waals surface area contributed by atoms with Crippen molar-refractivity contribution < 1.29 is 13.4 Å². The van der Waals surface area contributed by atoms with E-state index in [1.54, 1.807) is 0 Å². The number of nitrogens with zero attached hydrogens (tertiary/aromatic N) is 2. The zero-order chi connectivity index (χ0) is 22.9. The van der Waals surface area contributed by atoms with Gasteiger partial charge in [0.1, 0.15) is 5.76 Å². The summed E-state index contributed by atoms with van der Waals surface area (Å²) in [5.41, 5.74) is -0.591. The van der Waals surface area contributed by atoms with Crippen LogP contribution in [0.25, 0.3) is 0 Å². The van der Waals surface area contributed by atoms with E-state index in [4.69, 9.17) is 4.42 Å². The maximum Gasteiger partial charge on any atom is 0.188 e. The van der Waals surface area contributed by atoms with Crippen molar-refractivity contribution >= 4 is 11.9 Å². The van der Waals surface area contributed by atoms with Gasteiger partial charge in [0.05, 0.1) is 43.0 Å². The summed E-state index contributed by atoms with van der Waals surface area (Å²) in [5.74, 6) is 2.84. The molecule has 0 spiro atoms. The van der Waals surface area contributed by atoms with Crippen molar-refractivity contribution in [3.05, 3.63) is 53.7 Å². The second-order valence-corrected chi connectivity index (χ2v) is 12.7. The van der Waals surface area contributed by atoms with E-state index in [9.17, 15) is 5.11 Å². The first kappa shape index (κ1) is 23.4. The van der Waals surface area contributed by atoms with Gasteiger partial charge in [-0.3, -0.25) is 3.89 Å². The van der Waals surface area contributed by atoms with Gasteiger partial charge in [0.15, 0.2) is 5.89 Å². The number of rotatable bonds is 8. The SMILES string of the molecule is CC(C)[C@@H](Cc1cnc([C@]([O-])(c2ccccc2)C2CCCCC2)o1)S[N+]12CCC(CC1)CC2. The molecule has 1 aromatic heterocycles. The number of benzene rings is 1. The summed E-state index contributed by atoms with van der Waals surface area (Å²) in [6, 6.07) is 9.85. The Balaban J connectivity index is 1.38. The lowest BCUT2D eigenvalue weighted by molar-refractivity contribution is -0.815. The van der Waals surface area contributed by atoms with Gasteiger partial charge in [0.2, 0.25) is 0 Å². The summed E-state index contributed by atoms with van der Waals surface area (Å²) in [7, 11) is 0. The molecule has 0 amide bonds. The molecule has 4 nitrogen and oxygen atoms in total. The van der Waals surface area contributed by atoms with Crippen LogP contribution in [0, 0.1) is 17.8 Å². The Morgan fingerprint density at radius 2 is 1.70 bits per heavy atom. The third kappa shape index (κ3) is 4.78. The van der Waals surface area contributed by atoms with Crippen molar-refractivity contribution in [2.24, 2.45) is 17.8 Å². The van der Waals surface area contributed by atoms with Gasteiger partial charge in [-0.15, -0.1) is 0 Å². The second-order valence-electron chi connectivity index (χ2n) is 11.1. The molecule has 4 aliphatic rings. The first-order chi connectivity index (χ1) is 16.0. The molecule has 6 rings (SSSR count). The molecule has 4 heterocycles. The van der Waals surface area contributed by atoms with Crippen molar-refractivity contribution in [3.63, 3.8) is 0 Å². The van der Waals surface area contributed by atoms with Crippen LogP contribution in [0.4, 0.5) is 0 Å². The zero-order valence-electron chi connectivity index (χ0n) is 20.4. The highest BCUT2D eigenvalue weighted by molar-refractivity contribution is 7.94. The predicted octanol–water partition coefficient (Wildman–Crippen LogP) is 5.70. The highest BCUT2D eigenvalue weighted by Gasteiger charge is 2.43. The molecule has 4 fully saturated rings. The molecular formula is C28H40N2O2S. The van der Waals surface area contributed by atoms with Crippen LogP contribution >= 0.6 is 11.9 Å². The number of hydrogen-bond donors (Lipinski definition) is 0. The molecule has 3 saturated heterocycles. The van der Waals surface area contributed by atoms with Gasteiger partial charge >= 0.3 is 0 Å². The lowest BCUT2D eigenvalue weighted by Gasteiger charge is -2.48. The fraction of sp³-hybridized carbons (Fsp3) is 0.679. The van der Waals surface area contributed by atoms with E-state index in [-0.39, 0.29) is 5.92 Å². The first-order valence-corrected chi connectivity index (χ1v) is 14.1. The molecule has 3 aliphatic heterocycles. The molecule has 2 bridgehead atoms. The van der Waals surface area contributed by atoms with Crippen molar-refractivity contribution in [2.75, 3.05) is 19.6 Å². The summed E-state index contributed by atoms with van der Waals surface area (Å²) in [6.45, 7) is 8.61. The number of piperidine rings is 3. The van der Waals surface area contributed by atoms with E-state index in [1.165, 1.54) is 49.2 Å². The molecule has 1 aromatic carbocycles. The van der Waals surface area contributed by atoms with E-state index < -0.39 is 5.60 Å². The molecule has 5 heteroatoms. The normalized spacial score (nSPS) is 28.7. The number of hydrogen-bond acceptors (Lipinski definition) is 4. The molecule has 2 aromatic rings. The predicted molar refractivity (Wildman–Crippen MR) is 132 cm³/mol. The Hall–Kier alpha value is -1.30. The van der Waals surface area contributed by atoms with Crippen LogP contribution in [0.2, 0.25) is 0 Å². The molecule has 0 unspecified atom stereocenters. The van der Waals surface area contributed by atoms with Crippen LogP contribution in [0.3, 0.4) is 0 Å². The van der Waals surface area contributed by atoms with E-state index in [0.717, 1.165) is 49.3 Å². The molecule has 1 saturated carbocycles. The van der Waals surface area contributed by atoms with Gasteiger partial charge in [0.25, 0.3) is 0 Å². The molecule has 33 heavy (non-hydrogen) atoms. The highest BCUT2D eigenvalue weighted by Crippen LogP contribution is 2.44. The van der Waals surface area contributed by atoms with Gasteiger partial charge in [-0.2, -0.15) is 0 Å². The number of quaternary nitrogens is 1. The van der Waals surface area contributed by atoms with E-state index in [0.29, 0.717) is 17.1 Å². The fourth-order valence-corrected chi connectivity index (χ4v) is 8.05. The highest BCUT2D eigenvalue weighted by atomic mass is 32.2. The lowest BCUT2D eigenvalue weighted by Crippen LogP contribution is -2.54. The van der Waals surface area contributed by atoms with Crippen LogP contribution in [-0.4, -0.2) is 33.8 Å². The molecule has 180 valence electrons. The third-order valence-electron chi connectivity index (χ3n) is 8.59. The Morgan fingerprint density at radius 3 is 2.33 bits per heavy atom. The zero-order valence-corrected chi connectivity index (χ0v) is 21.2. The quantitative estimate of drug-likeness (QED) is 0.368. The van der Waals surface area contributed by atoms with Crippen LogP contribution in [0.5, 0.6) is 0 Å². The van der Waals surface area contributed by atoms with E-state index >= 15 is 0 Å². The maximum absolute atomic E-state index is 14.5. The molecule has 0 radical (unpaired) electrons. The van der Waals surface area contributed by atoms with Gasteiger partial charge in [0, 0.05) is 25.7 Å². The average molecular weight is 469 g/mol. The maximum atomic E-state index is 14.5. The topological polar surface area (TPSA) is 49.1 Å². The van der Waals surface area contributed by atoms with E-state index in [2.05, 4.69) is 30.8 Å². The summed E-state index contributed by atoms with van der Waals surface area (Å²) < 4.78 is 7.58. The van der Waals surface area contributed by atoms with Crippen LogP contribution in [0.1, 0.15) is 82.4 Å². The summed E-state index contributed by atoms with van der Waals surface area (Å²) >= 11 is 2.17. The first-order valence-electron chi connectivity index (χ1n) is 13.2. The Bertz CT molecular complexity index is 886. The average Bonchev–Trinajstić information content (AvgIpc) is 3.34. The Labute approximate surface area is 203 Å². The van der Waals surface area contributed by atoms with Crippen molar-refractivity contribution in [3.8, 4) is 0 Å². The second kappa shape index (κ2) is 9.75. The minimum absolute atomic E-state index is 0.0448. The van der Waals surface area contributed by atoms with Gasteiger partial charge < -0.3 is 9.52 Å². The van der Waals surface area contributed by atoms with Crippen molar-refractivity contribution in [1.29, 1.82) is 0 Å². The van der Waals surface area contributed by atoms with Crippen LogP contribution in [0.15, 0.2) is 40.9 Å². The summed E-state index contributed by atoms with van der Waals surface area (Å²) in [4.78, 5) is 4.65. The number of fused-ring (bicyclic) bond motifs is 3. The monoisotopic (exact) mass is 468 g/mol. The minimum atomic E-state index is -1.39. The van der Waals surface area contributed by atoms with Crippen LogP contribution in [-0.2, 0) is 12.0 Å². The van der Waals surface area contributed by atoms with E-state index in [1.807, 2.05) is 36.5 Å². The van der Waals surface area contributed by atoms with Gasteiger partial charge in [-0.1, -0.05) is 76.3 Å². The standard InChI is InChI=1S/C28H40N2O2S/c1-21(2)26(33-30-16-13-22(14-17-30)15-18-30)19-25-20-29-27(32-25)28(31,23-9-5-3-6-10-23)24-11-7-4-8-12-24/h3,5-6,9-10,20-22,24,26H,4,7-8,11-19H2,1-2H3/t22?,26-,28+,30?/m1/s1. The molecule has 2 atom stereocenters. The molecular weight excluding hydrogens is 428 g/mol. The van der Waals surface area contributed by atoms with Crippen molar-refractivity contribution in [1.82, 2.24) is 4.98 Å². The minimum Gasteiger partial charge on any atom is -0.839 e. The lowest BCUT2D eigenvalue weighted by atomic mass is 9.73. The number of aromatic nitrogens is 1. The smallest absolute Gasteiger partial charge is 0.188 e. The van der Waals surface area contributed by atoms with Crippen LogP contribution < -0.4 is 5.11 Å². The summed E-state index contributed by atoms with van der Waals surface area (Å²) in [5, 5.41) is 15.0.